The van der Waals surface area contributed by atoms with E-state index >= 15 is 0 Å². The zero-order valence-corrected chi connectivity index (χ0v) is 11.4. The zero-order chi connectivity index (χ0) is 11.5. The molecule has 84 valence electrons. The molecule has 1 heterocycles. The molecule has 16 heavy (non-hydrogen) atoms. The highest BCUT2D eigenvalue weighted by Gasteiger charge is 2.07. The van der Waals surface area contributed by atoms with Crippen LogP contribution in [0.1, 0.15) is 5.69 Å². The highest BCUT2D eigenvalue weighted by molar-refractivity contribution is 14.1. The lowest BCUT2D eigenvalue weighted by Crippen LogP contribution is -2.08. The summed E-state index contributed by atoms with van der Waals surface area (Å²) in [6, 6.07) is 5.81. The smallest absolute Gasteiger partial charge is 0.0994 e. The molecule has 5 heteroatoms. The predicted octanol–water partition coefficient (Wildman–Crippen LogP) is 2.63. The molecule has 2 aromatic rings. The fourth-order valence-electron chi connectivity index (χ4n) is 1.55. The van der Waals surface area contributed by atoms with Gasteiger partial charge in [0.05, 0.1) is 12.0 Å². The van der Waals surface area contributed by atoms with Crippen LogP contribution < -0.4 is 5.73 Å². The quantitative estimate of drug-likeness (QED) is 0.868. The monoisotopic (exact) mass is 347 g/mol. The van der Waals surface area contributed by atoms with Crippen molar-refractivity contribution >= 4 is 34.2 Å². The fourth-order valence-corrected chi connectivity index (χ4v) is 2.68. The highest BCUT2D eigenvalue weighted by atomic mass is 127. The summed E-state index contributed by atoms with van der Waals surface area (Å²) in [7, 11) is 0. The number of hydrogen-bond acceptors (Lipinski definition) is 2. The molecule has 0 fully saturated rings. The maximum atomic E-state index is 5.93. The fraction of sp³-hybridized carbons (Fsp3) is 0.182. The molecule has 3 nitrogen and oxygen atoms in total. The van der Waals surface area contributed by atoms with Crippen molar-refractivity contribution in [3.63, 3.8) is 0 Å². The van der Waals surface area contributed by atoms with E-state index in [2.05, 4.69) is 27.6 Å². The second-order valence-electron chi connectivity index (χ2n) is 3.39. The lowest BCUT2D eigenvalue weighted by atomic mass is 10.3. The van der Waals surface area contributed by atoms with Crippen LogP contribution in [-0.4, -0.2) is 16.1 Å². The van der Waals surface area contributed by atoms with Crippen molar-refractivity contribution in [3.05, 3.63) is 45.0 Å². The summed E-state index contributed by atoms with van der Waals surface area (Å²) in [5.41, 5.74) is 7.77. The van der Waals surface area contributed by atoms with E-state index in [9.17, 15) is 0 Å². The van der Waals surface area contributed by atoms with Crippen molar-refractivity contribution in [2.45, 2.75) is 6.42 Å². The molecule has 0 saturated heterocycles. The van der Waals surface area contributed by atoms with Gasteiger partial charge in [-0.3, -0.25) is 0 Å². The Morgan fingerprint density at radius 3 is 2.94 bits per heavy atom. The Morgan fingerprint density at radius 1 is 1.44 bits per heavy atom. The van der Waals surface area contributed by atoms with E-state index in [0.29, 0.717) is 6.54 Å². The minimum absolute atomic E-state index is 0.621. The minimum atomic E-state index is 0.621. The Morgan fingerprint density at radius 2 is 2.25 bits per heavy atom. The summed E-state index contributed by atoms with van der Waals surface area (Å²) in [6.45, 7) is 0.621. The van der Waals surface area contributed by atoms with Gasteiger partial charge in [-0.1, -0.05) is 11.6 Å². The maximum absolute atomic E-state index is 5.93. The van der Waals surface area contributed by atoms with E-state index in [1.807, 2.05) is 29.0 Å². The zero-order valence-electron chi connectivity index (χ0n) is 8.53. The van der Waals surface area contributed by atoms with Gasteiger partial charge in [0.15, 0.2) is 0 Å². The first-order valence-electron chi connectivity index (χ1n) is 4.89. The summed E-state index contributed by atoms with van der Waals surface area (Å²) in [5, 5.41) is 0.744. The molecule has 1 aromatic carbocycles. The topological polar surface area (TPSA) is 43.8 Å². The Labute approximate surface area is 113 Å². The first-order valence-corrected chi connectivity index (χ1v) is 6.34. The van der Waals surface area contributed by atoms with Crippen LogP contribution in [0, 0.1) is 3.57 Å². The lowest BCUT2D eigenvalue weighted by molar-refractivity contribution is 0.871. The van der Waals surface area contributed by atoms with Gasteiger partial charge in [-0.15, -0.1) is 0 Å². The van der Waals surface area contributed by atoms with Crippen LogP contribution in [-0.2, 0) is 6.42 Å². The van der Waals surface area contributed by atoms with E-state index < -0.39 is 0 Å². The van der Waals surface area contributed by atoms with Gasteiger partial charge in [0.2, 0.25) is 0 Å². The van der Waals surface area contributed by atoms with Gasteiger partial charge in [0.25, 0.3) is 0 Å². The number of nitrogens with two attached hydrogens (primary N) is 1. The summed E-state index contributed by atoms with van der Waals surface area (Å²) in [4.78, 5) is 4.15. The van der Waals surface area contributed by atoms with Crippen LogP contribution >= 0.6 is 34.2 Å². The second-order valence-corrected chi connectivity index (χ2v) is 4.99. The van der Waals surface area contributed by atoms with Gasteiger partial charge >= 0.3 is 0 Å². The van der Waals surface area contributed by atoms with E-state index in [0.717, 1.165) is 26.4 Å². The molecule has 2 N–H and O–H groups in total. The minimum Gasteiger partial charge on any atom is -0.330 e. The van der Waals surface area contributed by atoms with E-state index in [1.54, 1.807) is 6.33 Å². The number of nitrogens with zero attached hydrogens (tertiary/aromatic N) is 2. The summed E-state index contributed by atoms with van der Waals surface area (Å²) < 4.78 is 3.15. The predicted molar refractivity (Wildman–Crippen MR) is 74.0 cm³/mol. The first-order chi connectivity index (χ1) is 7.72. The molecule has 0 aliphatic carbocycles. The molecule has 1 aromatic heterocycles. The molecule has 0 atom stereocenters. The van der Waals surface area contributed by atoms with Crippen LogP contribution in [0.15, 0.2) is 30.7 Å². The molecule has 0 aliphatic heterocycles. The molecule has 0 unspecified atom stereocenters. The first kappa shape index (κ1) is 11.9. The Hall–Kier alpha value is -0.590. The molecule has 0 radical (unpaired) electrons. The van der Waals surface area contributed by atoms with Gasteiger partial charge in [-0.05, 0) is 47.3 Å². The number of imidazole rings is 1. The number of aromatic nitrogens is 2. The molecular formula is C11H11ClIN3. The third-order valence-electron chi connectivity index (χ3n) is 2.28. The number of hydrogen-bond donors (Lipinski definition) is 1. The highest BCUT2D eigenvalue weighted by Crippen LogP contribution is 2.22. The molecule has 0 saturated carbocycles. The van der Waals surface area contributed by atoms with Crippen LogP contribution in [0.2, 0.25) is 5.02 Å². The molecule has 0 amide bonds. The summed E-state index contributed by atoms with van der Waals surface area (Å²) in [6.07, 6.45) is 4.46. The van der Waals surface area contributed by atoms with Crippen molar-refractivity contribution in [1.29, 1.82) is 0 Å². The molecule has 0 spiro atoms. The van der Waals surface area contributed by atoms with Gasteiger partial charge in [0, 0.05) is 26.9 Å². The summed E-state index contributed by atoms with van der Waals surface area (Å²) in [5.74, 6) is 0. The van der Waals surface area contributed by atoms with Crippen LogP contribution in [0.25, 0.3) is 5.69 Å². The second kappa shape index (κ2) is 5.16. The number of rotatable bonds is 3. The Kier molecular flexibility index (Phi) is 3.83. The molecule has 0 bridgehead atoms. The van der Waals surface area contributed by atoms with Gasteiger partial charge in [-0.2, -0.15) is 0 Å². The standard InChI is InChI=1S/C11H11ClIN3/c12-8-1-2-11(10(13)5-8)16-7-15-6-9(16)3-4-14/h1-2,5-7H,3-4,14H2. The van der Waals surface area contributed by atoms with Gasteiger partial charge in [-0.25, -0.2) is 4.98 Å². The van der Waals surface area contributed by atoms with Crippen molar-refractivity contribution in [3.8, 4) is 5.69 Å². The average Bonchev–Trinajstić information content (AvgIpc) is 2.67. The van der Waals surface area contributed by atoms with Crippen molar-refractivity contribution in [2.24, 2.45) is 5.73 Å². The van der Waals surface area contributed by atoms with Crippen molar-refractivity contribution < 1.29 is 0 Å². The van der Waals surface area contributed by atoms with Crippen LogP contribution in [0.4, 0.5) is 0 Å². The largest absolute Gasteiger partial charge is 0.330 e. The van der Waals surface area contributed by atoms with E-state index in [-0.39, 0.29) is 0 Å². The van der Waals surface area contributed by atoms with Gasteiger partial charge < -0.3 is 10.3 Å². The van der Waals surface area contributed by atoms with E-state index in [4.69, 9.17) is 17.3 Å². The van der Waals surface area contributed by atoms with Crippen molar-refractivity contribution in [1.82, 2.24) is 9.55 Å². The normalized spacial score (nSPS) is 10.7. The lowest BCUT2D eigenvalue weighted by Gasteiger charge is -2.09. The molecule has 0 aliphatic rings. The Bertz CT molecular complexity index is 496. The Balaban J connectivity index is 2.46. The average molecular weight is 348 g/mol. The third kappa shape index (κ3) is 2.39. The third-order valence-corrected chi connectivity index (χ3v) is 3.38. The molecular weight excluding hydrogens is 336 g/mol. The number of benzene rings is 1. The molecule has 2 rings (SSSR count). The van der Waals surface area contributed by atoms with Crippen LogP contribution in [0.5, 0.6) is 0 Å². The maximum Gasteiger partial charge on any atom is 0.0994 e. The van der Waals surface area contributed by atoms with Gasteiger partial charge in [0.1, 0.15) is 0 Å². The van der Waals surface area contributed by atoms with Crippen LogP contribution in [0.3, 0.4) is 0 Å². The van der Waals surface area contributed by atoms with E-state index in [1.165, 1.54) is 0 Å². The summed E-state index contributed by atoms with van der Waals surface area (Å²) >= 11 is 8.20. The number of halogens is 2. The van der Waals surface area contributed by atoms with Crippen molar-refractivity contribution in [2.75, 3.05) is 6.54 Å². The SMILES string of the molecule is NCCc1cncn1-c1ccc(Cl)cc1I.